The Hall–Kier alpha value is 0.440. The topological polar surface area (TPSA) is 9.23 Å². The normalized spacial score (nSPS) is 18.2. The molecule has 12 heavy (non-hydrogen) atoms. The van der Waals surface area contributed by atoms with Crippen LogP contribution in [-0.4, -0.2) is 18.0 Å². The monoisotopic (exact) mass is 236 g/mol. The van der Waals surface area contributed by atoms with Gasteiger partial charge in [0.25, 0.3) is 0 Å². The zero-order valence-electron chi connectivity index (χ0n) is 8.31. The molecule has 0 saturated heterocycles. The SMILES string of the molecule is BrC1CCCCC1.CCOCC. The van der Waals surface area contributed by atoms with Gasteiger partial charge in [-0.05, 0) is 26.7 Å². The molecule has 0 atom stereocenters. The molecule has 0 unspecified atom stereocenters. The Kier molecular flexibility index (Phi) is 9.88. The second-order valence-electron chi connectivity index (χ2n) is 3.02. The number of hydrogen-bond acceptors (Lipinski definition) is 1. The summed E-state index contributed by atoms with van der Waals surface area (Å²) in [4.78, 5) is 0.848. The molecule has 74 valence electrons. The minimum absolute atomic E-state index is 0.844. The van der Waals surface area contributed by atoms with Crippen LogP contribution in [0.4, 0.5) is 0 Å². The molecule has 0 radical (unpaired) electrons. The van der Waals surface area contributed by atoms with E-state index in [9.17, 15) is 0 Å². The minimum atomic E-state index is 0.844. The maximum absolute atomic E-state index is 4.83. The van der Waals surface area contributed by atoms with Crippen molar-refractivity contribution in [2.45, 2.75) is 50.8 Å². The first-order valence-electron chi connectivity index (χ1n) is 5.03. The fourth-order valence-electron chi connectivity index (χ4n) is 1.26. The molecule has 2 heteroatoms. The lowest BCUT2D eigenvalue weighted by atomic mass is 10.0. The largest absolute Gasteiger partial charge is 0.382 e. The van der Waals surface area contributed by atoms with Gasteiger partial charge < -0.3 is 4.74 Å². The van der Waals surface area contributed by atoms with E-state index >= 15 is 0 Å². The second-order valence-corrected chi connectivity index (χ2v) is 4.31. The molecular weight excluding hydrogens is 216 g/mol. The van der Waals surface area contributed by atoms with Crippen LogP contribution >= 0.6 is 15.9 Å². The van der Waals surface area contributed by atoms with Crippen molar-refractivity contribution < 1.29 is 4.74 Å². The zero-order valence-corrected chi connectivity index (χ0v) is 9.90. The Morgan fingerprint density at radius 1 is 1.08 bits per heavy atom. The molecule has 0 amide bonds. The van der Waals surface area contributed by atoms with Gasteiger partial charge in [-0.15, -0.1) is 0 Å². The quantitative estimate of drug-likeness (QED) is 0.664. The lowest BCUT2D eigenvalue weighted by molar-refractivity contribution is 0.162. The summed E-state index contributed by atoms with van der Waals surface area (Å²) in [5, 5.41) is 0. The summed E-state index contributed by atoms with van der Waals surface area (Å²) in [7, 11) is 0. The molecule has 0 aromatic heterocycles. The first-order valence-corrected chi connectivity index (χ1v) is 5.94. The predicted molar refractivity (Wildman–Crippen MR) is 58.0 cm³/mol. The molecule has 1 aliphatic carbocycles. The van der Waals surface area contributed by atoms with Crippen molar-refractivity contribution in [2.24, 2.45) is 0 Å². The van der Waals surface area contributed by atoms with Crippen molar-refractivity contribution >= 4 is 15.9 Å². The van der Waals surface area contributed by atoms with Crippen molar-refractivity contribution in [3.63, 3.8) is 0 Å². The van der Waals surface area contributed by atoms with Gasteiger partial charge in [-0.1, -0.05) is 35.2 Å². The van der Waals surface area contributed by atoms with Crippen molar-refractivity contribution in [1.29, 1.82) is 0 Å². The smallest absolute Gasteiger partial charge is 0.0437 e. The van der Waals surface area contributed by atoms with Crippen LogP contribution in [0.25, 0.3) is 0 Å². The molecular formula is C10H21BrO. The van der Waals surface area contributed by atoms with Gasteiger partial charge in [0.05, 0.1) is 0 Å². The Labute approximate surface area is 85.0 Å². The van der Waals surface area contributed by atoms with E-state index in [0.717, 1.165) is 18.0 Å². The molecule has 0 N–H and O–H groups in total. The van der Waals surface area contributed by atoms with Crippen LogP contribution in [0.15, 0.2) is 0 Å². The van der Waals surface area contributed by atoms with Gasteiger partial charge in [0.1, 0.15) is 0 Å². The fourth-order valence-corrected chi connectivity index (χ4v) is 1.90. The Balaban J connectivity index is 0.000000217. The van der Waals surface area contributed by atoms with Crippen LogP contribution in [0.3, 0.4) is 0 Å². The molecule has 0 heterocycles. The lowest BCUT2D eigenvalue weighted by Gasteiger charge is -2.13. The van der Waals surface area contributed by atoms with Crippen molar-refractivity contribution in [3.05, 3.63) is 0 Å². The summed E-state index contributed by atoms with van der Waals surface area (Å²) in [6, 6.07) is 0. The predicted octanol–water partition coefficient (Wildman–Crippen LogP) is 3.76. The van der Waals surface area contributed by atoms with Gasteiger partial charge in [0.2, 0.25) is 0 Å². The van der Waals surface area contributed by atoms with E-state index in [2.05, 4.69) is 15.9 Å². The Morgan fingerprint density at radius 2 is 1.58 bits per heavy atom. The first kappa shape index (κ1) is 12.4. The van der Waals surface area contributed by atoms with E-state index in [1.54, 1.807) is 0 Å². The highest BCUT2D eigenvalue weighted by Gasteiger charge is 2.07. The van der Waals surface area contributed by atoms with Gasteiger partial charge >= 0.3 is 0 Å². The molecule has 1 fully saturated rings. The Morgan fingerprint density at radius 3 is 1.75 bits per heavy atom. The van der Waals surface area contributed by atoms with Crippen LogP contribution in [0.1, 0.15) is 46.0 Å². The van der Waals surface area contributed by atoms with Gasteiger partial charge in [-0.2, -0.15) is 0 Å². The summed E-state index contributed by atoms with van der Waals surface area (Å²) >= 11 is 3.59. The van der Waals surface area contributed by atoms with E-state index in [4.69, 9.17) is 4.74 Å². The van der Waals surface area contributed by atoms with Gasteiger partial charge in [-0.3, -0.25) is 0 Å². The molecule has 1 aliphatic rings. The molecule has 0 aromatic rings. The summed E-state index contributed by atoms with van der Waals surface area (Å²) in [5.74, 6) is 0. The molecule has 0 aromatic carbocycles. The highest BCUT2D eigenvalue weighted by molar-refractivity contribution is 9.09. The minimum Gasteiger partial charge on any atom is -0.382 e. The number of alkyl halides is 1. The first-order chi connectivity index (χ1) is 5.81. The number of ether oxygens (including phenoxy) is 1. The molecule has 0 spiro atoms. The molecule has 1 rings (SSSR count). The van der Waals surface area contributed by atoms with E-state index in [1.807, 2.05) is 13.8 Å². The van der Waals surface area contributed by atoms with Crippen molar-refractivity contribution in [3.8, 4) is 0 Å². The van der Waals surface area contributed by atoms with Crippen LogP contribution < -0.4 is 0 Å². The third kappa shape index (κ3) is 8.54. The zero-order chi connectivity index (χ0) is 9.23. The van der Waals surface area contributed by atoms with Gasteiger partial charge in [0, 0.05) is 18.0 Å². The summed E-state index contributed by atoms with van der Waals surface area (Å²) in [5.41, 5.74) is 0. The highest BCUT2D eigenvalue weighted by Crippen LogP contribution is 2.22. The van der Waals surface area contributed by atoms with E-state index in [1.165, 1.54) is 32.1 Å². The van der Waals surface area contributed by atoms with Crippen LogP contribution in [0.2, 0.25) is 0 Å². The van der Waals surface area contributed by atoms with E-state index in [0.29, 0.717) is 0 Å². The third-order valence-electron chi connectivity index (χ3n) is 1.94. The number of hydrogen-bond donors (Lipinski definition) is 0. The second kappa shape index (κ2) is 9.53. The van der Waals surface area contributed by atoms with E-state index < -0.39 is 0 Å². The fraction of sp³-hybridized carbons (Fsp3) is 1.00. The Bertz CT molecular complexity index is 77.9. The average Bonchev–Trinajstić information content (AvgIpc) is 2.08. The van der Waals surface area contributed by atoms with Gasteiger partial charge in [0.15, 0.2) is 0 Å². The lowest BCUT2D eigenvalue weighted by Crippen LogP contribution is -2.02. The maximum Gasteiger partial charge on any atom is 0.0437 e. The molecule has 0 bridgehead atoms. The van der Waals surface area contributed by atoms with Crippen LogP contribution in [-0.2, 0) is 4.74 Å². The molecule has 0 aliphatic heterocycles. The van der Waals surface area contributed by atoms with Crippen molar-refractivity contribution in [1.82, 2.24) is 0 Å². The summed E-state index contributed by atoms with van der Waals surface area (Å²) < 4.78 is 4.83. The van der Waals surface area contributed by atoms with Crippen LogP contribution in [0, 0.1) is 0 Å². The molecule has 1 nitrogen and oxygen atoms in total. The maximum atomic E-state index is 4.83. The number of halogens is 1. The summed E-state index contributed by atoms with van der Waals surface area (Å²) in [6.45, 7) is 5.67. The summed E-state index contributed by atoms with van der Waals surface area (Å²) in [6.07, 6.45) is 7.15. The average molecular weight is 237 g/mol. The van der Waals surface area contributed by atoms with Crippen LogP contribution in [0.5, 0.6) is 0 Å². The number of rotatable bonds is 2. The molecule has 1 saturated carbocycles. The van der Waals surface area contributed by atoms with Gasteiger partial charge in [-0.25, -0.2) is 0 Å². The standard InChI is InChI=1S/C6H11Br.C4H10O/c7-6-4-2-1-3-5-6;1-3-5-4-2/h6H,1-5H2;3-4H2,1-2H3. The van der Waals surface area contributed by atoms with Crippen molar-refractivity contribution in [2.75, 3.05) is 13.2 Å². The third-order valence-corrected chi connectivity index (χ3v) is 2.86. The highest BCUT2D eigenvalue weighted by atomic mass is 79.9. The van der Waals surface area contributed by atoms with E-state index in [-0.39, 0.29) is 0 Å².